The van der Waals surface area contributed by atoms with Gasteiger partial charge in [0.15, 0.2) is 5.78 Å². The Morgan fingerprint density at radius 2 is 1.88 bits per heavy atom. The fourth-order valence-corrected chi connectivity index (χ4v) is 1.29. The molecule has 0 unspecified atom stereocenters. The highest BCUT2D eigenvalue weighted by atomic mass is 16.5. The van der Waals surface area contributed by atoms with E-state index in [0.29, 0.717) is 5.57 Å². The van der Waals surface area contributed by atoms with E-state index in [1.54, 1.807) is 34.1 Å². The molecule has 0 amide bonds. The lowest BCUT2D eigenvalue weighted by Crippen LogP contribution is -1.93. The normalized spacial score (nSPS) is 11.1. The topological polar surface area (TPSA) is 35.5 Å². The van der Waals surface area contributed by atoms with Crippen molar-refractivity contribution in [3.63, 3.8) is 0 Å². The Morgan fingerprint density at radius 1 is 1.19 bits per heavy atom. The summed E-state index contributed by atoms with van der Waals surface area (Å²) in [6.45, 7) is 3.32. The van der Waals surface area contributed by atoms with E-state index in [9.17, 15) is 4.79 Å². The Morgan fingerprint density at radius 3 is 2.38 bits per heavy atom. The molecule has 3 nitrogen and oxygen atoms in total. The number of benzene rings is 1. The first-order valence-corrected chi connectivity index (χ1v) is 4.99. The molecule has 1 aromatic carbocycles. The minimum atomic E-state index is 0.0462. The second kappa shape index (κ2) is 5.35. The fraction of sp³-hybridized carbons (Fsp3) is 0.308. The second-order valence-corrected chi connectivity index (χ2v) is 3.49. The highest BCUT2D eigenvalue weighted by Crippen LogP contribution is 2.26. The van der Waals surface area contributed by atoms with Gasteiger partial charge >= 0.3 is 0 Å². The van der Waals surface area contributed by atoms with Crippen LogP contribution in [0.5, 0.6) is 11.5 Å². The minimum Gasteiger partial charge on any atom is -0.497 e. The summed E-state index contributed by atoms with van der Waals surface area (Å²) in [5.74, 6) is 1.51. The summed E-state index contributed by atoms with van der Waals surface area (Å²) >= 11 is 0. The van der Waals surface area contributed by atoms with E-state index >= 15 is 0 Å². The summed E-state index contributed by atoms with van der Waals surface area (Å²) < 4.78 is 10.3. The maximum atomic E-state index is 11.2. The smallest absolute Gasteiger partial charge is 0.155 e. The average molecular weight is 220 g/mol. The van der Waals surface area contributed by atoms with Crippen LogP contribution in [0.1, 0.15) is 19.4 Å². The molecule has 0 N–H and O–H groups in total. The minimum absolute atomic E-state index is 0.0462. The summed E-state index contributed by atoms with van der Waals surface area (Å²) in [7, 11) is 3.20. The maximum Gasteiger partial charge on any atom is 0.155 e. The van der Waals surface area contributed by atoms with Gasteiger partial charge in [-0.3, -0.25) is 4.79 Å². The molecule has 1 rings (SSSR count). The number of carbonyl (C=O) groups is 1. The SMILES string of the molecule is COc1ccc(OC)c(/C=C(/C)C(C)=O)c1. The Balaban J connectivity index is 3.19. The van der Waals surface area contributed by atoms with Crippen molar-refractivity contribution in [1.82, 2.24) is 0 Å². The second-order valence-electron chi connectivity index (χ2n) is 3.49. The number of methoxy groups -OCH3 is 2. The Labute approximate surface area is 95.7 Å². The van der Waals surface area contributed by atoms with Gasteiger partial charge in [0.1, 0.15) is 11.5 Å². The standard InChI is InChI=1S/C13H16O3/c1-9(10(2)14)7-11-8-12(15-3)5-6-13(11)16-4/h5-8H,1-4H3/b9-7-. The van der Waals surface area contributed by atoms with Crippen LogP contribution < -0.4 is 9.47 Å². The highest BCUT2D eigenvalue weighted by molar-refractivity contribution is 5.97. The van der Waals surface area contributed by atoms with E-state index in [1.807, 2.05) is 18.2 Å². The van der Waals surface area contributed by atoms with Crippen molar-refractivity contribution in [1.29, 1.82) is 0 Å². The van der Waals surface area contributed by atoms with Crippen LogP contribution in [0.3, 0.4) is 0 Å². The third-order valence-corrected chi connectivity index (χ3v) is 2.36. The van der Waals surface area contributed by atoms with Gasteiger partial charge in [-0.25, -0.2) is 0 Å². The van der Waals surface area contributed by atoms with Crippen molar-refractivity contribution < 1.29 is 14.3 Å². The molecule has 0 spiro atoms. The largest absolute Gasteiger partial charge is 0.497 e. The monoisotopic (exact) mass is 220 g/mol. The van der Waals surface area contributed by atoms with Crippen LogP contribution in [0.4, 0.5) is 0 Å². The molecule has 16 heavy (non-hydrogen) atoms. The van der Waals surface area contributed by atoms with Crippen molar-refractivity contribution in [2.45, 2.75) is 13.8 Å². The summed E-state index contributed by atoms with van der Waals surface area (Å²) in [4.78, 5) is 11.2. The van der Waals surface area contributed by atoms with Crippen molar-refractivity contribution in [2.75, 3.05) is 14.2 Å². The van der Waals surface area contributed by atoms with Gasteiger partial charge in [0.05, 0.1) is 14.2 Å². The number of carbonyl (C=O) groups excluding carboxylic acids is 1. The molecule has 0 atom stereocenters. The third kappa shape index (κ3) is 2.86. The number of allylic oxidation sites excluding steroid dienone is 1. The molecule has 0 heterocycles. The van der Waals surface area contributed by atoms with E-state index in [0.717, 1.165) is 17.1 Å². The van der Waals surface area contributed by atoms with Gasteiger partial charge in [-0.05, 0) is 43.7 Å². The van der Waals surface area contributed by atoms with Crippen LogP contribution in [0.15, 0.2) is 23.8 Å². The van der Waals surface area contributed by atoms with E-state index in [1.165, 1.54) is 0 Å². The van der Waals surface area contributed by atoms with E-state index in [2.05, 4.69) is 0 Å². The van der Waals surface area contributed by atoms with E-state index in [4.69, 9.17) is 9.47 Å². The van der Waals surface area contributed by atoms with E-state index in [-0.39, 0.29) is 5.78 Å². The Hall–Kier alpha value is -1.77. The van der Waals surface area contributed by atoms with Crippen LogP contribution in [0.25, 0.3) is 6.08 Å². The number of ketones is 1. The van der Waals surface area contributed by atoms with Gasteiger partial charge in [0.25, 0.3) is 0 Å². The summed E-state index contributed by atoms with van der Waals surface area (Å²) in [6, 6.07) is 5.47. The van der Waals surface area contributed by atoms with Crippen LogP contribution in [-0.4, -0.2) is 20.0 Å². The first kappa shape index (κ1) is 12.3. The van der Waals surface area contributed by atoms with Crippen LogP contribution >= 0.6 is 0 Å². The van der Waals surface area contributed by atoms with Crippen molar-refractivity contribution in [3.05, 3.63) is 29.3 Å². The molecule has 0 aliphatic heterocycles. The molecule has 0 radical (unpaired) electrons. The Kier molecular flexibility index (Phi) is 4.11. The number of Topliss-reactive ketones (excluding diaryl/α,β-unsaturated/α-hetero) is 1. The molecule has 86 valence electrons. The Bertz CT molecular complexity index is 419. The fourth-order valence-electron chi connectivity index (χ4n) is 1.29. The van der Waals surface area contributed by atoms with E-state index < -0.39 is 0 Å². The molecule has 0 aromatic heterocycles. The molecule has 0 saturated heterocycles. The van der Waals surface area contributed by atoms with Crippen LogP contribution in [0.2, 0.25) is 0 Å². The molecule has 0 aliphatic carbocycles. The van der Waals surface area contributed by atoms with Gasteiger partial charge in [-0.2, -0.15) is 0 Å². The molecular weight excluding hydrogens is 204 g/mol. The summed E-state index contributed by atoms with van der Waals surface area (Å²) in [5, 5.41) is 0. The average Bonchev–Trinajstić information content (AvgIpc) is 2.28. The number of hydrogen-bond donors (Lipinski definition) is 0. The first-order chi connectivity index (χ1) is 7.58. The molecule has 0 fully saturated rings. The molecule has 0 bridgehead atoms. The van der Waals surface area contributed by atoms with Gasteiger partial charge in [0, 0.05) is 5.56 Å². The maximum absolute atomic E-state index is 11.2. The molecule has 0 aliphatic rings. The summed E-state index contributed by atoms with van der Waals surface area (Å²) in [6.07, 6.45) is 1.80. The van der Waals surface area contributed by atoms with Gasteiger partial charge in [0.2, 0.25) is 0 Å². The lowest BCUT2D eigenvalue weighted by molar-refractivity contribution is -0.113. The predicted molar refractivity (Wildman–Crippen MR) is 63.9 cm³/mol. The van der Waals surface area contributed by atoms with Crippen molar-refractivity contribution >= 4 is 11.9 Å². The van der Waals surface area contributed by atoms with Crippen LogP contribution in [0, 0.1) is 0 Å². The lowest BCUT2D eigenvalue weighted by atomic mass is 10.1. The molecule has 3 heteroatoms. The zero-order valence-corrected chi connectivity index (χ0v) is 10.0. The summed E-state index contributed by atoms with van der Waals surface area (Å²) in [5.41, 5.74) is 1.53. The van der Waals surface area contributed by atoms with Crippen molar-refractivity contribution in [3.8, 4) is 11.5 Å². The first-order valence-electron chi connectivity index (χ1n) is 4.99. The number of rotatable bonds is 4. The quantitative estimate of drug-likeness (QED) is 0.732. The van der Waals surface area contributed by atoms with Gasteiger partial charge < -0.3 is 9.47 Å². The highest BCUT2D eigenvalue weighted by Gasteiger charge is 2.04. The molecule has 1 aromatic rings. The third-order valence-electron chi connectivity index (χ3n) is 2.36. The zero-order chi connectivity index (χ0) is 12.1. The van der Waals surface area contributed by atoms with Crippen molar-refractivity contribution in [2.24, 2.45) is 0 Å². The van der Waals surface area contributed by atoms with Gasteiger partial charge in [-0.1, -0.05) is 0 Å². The predicted octanol–water partition coefficient (Wildman–Crippen LogP) is 2.70. The van der Waals surface area contributed by atoms with Crippen LogP contribution in [-0.2, 0) is 4.79 Å². The number of hydrogen-bond acceptors (Lipinski definition) is 3. The zero-order valence-electron chi connectivity index (χ0n) is 10.0. The van der Waals surface area contributed by atoms with Gasteiger partial charge in [-0.15, -0.1) is 0 Å². The molecular formula is C13H16O3. The molecule has 0 saturated carbocycles. The lowest BCUT2D eigenvalue weighted by Gasteiger charge is -2.07. The number of ether oxygens (including phenoxy) is 2.